The third-order valence-corrected chi connectivity index (χ3v) is 5.76. The van der Waals surface area contributed by atoms with Gasteiger partial charge in [0.1, 0.15) is 0 Å². The number of hydrogen-bond acceptors (Lipinski definition) is 4. The molecule has 29 heavy (non-hydrogen) atoms. The number of nitriles is 1. The average Bonchev–Trinajstić information content (AvgIpc) is 2.76. The highest BCUT2D eigenvalue weighted by molar-refractivity contribution is 7.98. The molecular weight excluding hydrogens is 378 g/mol. The summed E-state index contributed by atoms with van der Waals surface area (Å²) >= 11 is 1.51. The Kier molecular flexibility index (Phi) is 5.46. The standard InChI is InChI=1S/C24H19N3OS/c1-17-9-11-18(12-10-17)15-27-23(28)21-7-2-3-8-22(21)26-24(27)29-16-20-6-4-5-19(13-20)14-25/h2-13H,15-16H2,1H3. The van der Waals surface area contributed by atoms with Gasteiger partial charge in [0.2, 0.25) is 0 Å². The zero-order valence-corrected chi connectivity index (χ0v) is 16.8. The van der Waals surface area contributed by atoms with E-state index in [4.69, 9.17) is 10.2 Å². The van der Waals surface area contributed by atoms with Gasteiger partial charge in [-0.25, -0.2) is 4.98 Å². The van der Waals surface area contributed by atoms with Crippen LogP contribution >= 0.6 is 11.8 Å². The van der Waals surface area contributed by atoms with Gasteiger partial charge in [-0.2, -0.15) is 5.26 Å². The van der Waals surface area contributed by atoms with Gasteiger partial charge in [-0.15, -0.1) is 0 Å². The summed E-state index contributed by atoms with van der Waals surface area (Å²) in [5.41, 5.74) is 4.56. The van der Waals surface area contributed by atoms with Crippen molar-refractivity contribution in [3.8, 4) is 6.07 Å². The van der Waals surface area contributed by atoms with E-state index in [1.165, 1.54) is 17.3 Å². The third kappa shape index (κ3) is 4.23. The predicted molar refractivity (Wildman–Crippen MR) is 117 cm³/mol. The van der Waals surface area contributed by atoms with Crippen LogP contribution in [0, 0.1) is 18.3 Å². The van der Waals surface area contributed by atoms with Crippen molar-refractivity contribution in [2.75, 3.05) is 0 Å². The lowest BCUT2D eigenvalue weighted by atomic mass is 10.1. The van der Waals surface area contributed by atoms with E-state index in [2.05, 4.69) is 18.2 Å². The predicted octanol–water partition coefficient (Wildman–Crippen LogP) is 4.92. The van der Waals surface area contributed by atoms with Crippen LogP contribution in [0.2, 0.25) is 0 Å². The molecular formula is C24H19N3OS. The Hall–Kier alpha value is -3.36. The molecule has 0 amide bonds. The summed E-state index contributed by atoms with van der Waals surface area (Å²) in [6, 6.07) is 25.3. The smallest absolute Gasteiger partial charge is 0.262 e. The largest absolute Gasteiger partial charge is 0.283 e. The number of aromatic nitrogens is 2. The first kappa shape index (κ1) is 19.0. The zero-order valence-electron chi connectivity index (χ0n) is 16.0. The molecule has 1 heterocycles. The molecule has 0 fully saturated rings. The molecule has 0 aliphatic heterocycles. The molecule has 0 unspecified atom stereocenters. The van der Waals surface area contributed by atoms with Crippen LogP contribution < -0.4 is 5.56 Å². The molecule has 0 aliphatic carbocycles. The summed E-state index contributed by atoms with van der Waals surface area (Å²) in [6.07, 6.45) is 0. The molecule has 4 rings (SSSR count). The van der Waals surface area contributed by atoms with Crippen molar-refractivity contribution >= 4 is 22.7 Å². The minimum Gasteiger partial charge on any atom is -0.283 e. The van der Waals surface area contributed by atoms with Crippen molar-refractivity contribution in [3.05, 3.63) is 105 Å². The average molecular weight is 398 g/mol. The molecule has 1 aromatic heterocycles. The van der Waals surface area contributed by atoms with E-state index >= 15 is 0 Å². The molecule has 0 atom stereocenters. The summed E-state index contributed by atoms with van der Waals surface area (Å²) in [5, 5.41) is 10.4. The van der Waals surface area contributed by atoms with Crippen molar-refractivity contribution in [1.82, 2.24) is 9.55 Å². The fourth-order valence-corrected chi connectivity index (χ4v) is 4.09. The van der Waals surface area contributed by atoms with Gasteiger partial charge >= 0.3 is 0 Å². The van der Waals surface area contributed by atoms with Crippen LogP contribution in [0.15, 0.2) is 82.7 Å². The molecule has 4 nitrogen and oxygen atoms in total. The van der Waals surface area contributed by atoms with Crippen LogP contribution in [0.3, 0.4) is 0 Å². The maximum Gasteiger partial charge on any atom is 0.262 e. The van der Waals surface area contributed by atoms with Gasteiger partial charge in [0.15, 0.2) is 5.16 Å². The van der Waals surface area contributed by atoms with Crippen LogP contribution in [-0.2, 0) is 12.3 Å². The molecule has 142 valence electrons. The molecule has 0 spiro atoms. The van der Waals surface area contributed by atoms with E-state index in [-0.39, 0.29) is 5.56 Å². The van der Waals surface area contributed by atoms with E-state index < -0.39 is 0 Å². The Balaban J connectivity index is 1.73. The summed E-state index contributed by atoms with van der Waals surface area (Å²) < 4.78 is 1.74. The van der Waals surface area contributed by atoms with Gasteiger partial charge in [-0.1, -0.05) is 65.9 Å². The van der Waals surface area contributed by atoms with Crippen LogP contribution in [0.1, 0.15) is 22.3 Å². The molecule has 0 saturated heterocycles. The summed E-state index contributed by atoms with van der Waals surface area (Å²) in [7, 11) is 0. The van der Waals surface area contributed by atoms with Crippen molar-refractivity contribution in [2.24, 2.45) is 0 Å². The van der Waals surface area contributed by atoms with Crippen molar-refractivity contribution in [3.63, 3.8) is 0 Å². The van der Waals surface area contributed by atoms with E-state index in [0.29, 0.717) is 33.9 Å². The molecule has 4 aromatic rings. The van der Waals surface area contributed by atoms with Gasteiger partial charge in [0.25, 0.3) is 5.56 Å². The van der Waals surface area contributed by atoms with Crippen molar-refractivity contribution < 1.29 is 0 Å². The van der Waals surface area contributed by atoms with E-state index in [9.17, 15) is 4.79 Å². The second-order valence-corrected chi connectivity index (χ2v) is 7.83. The lowest BCUT2D eigenvalue weighted by Crippen LogP contribution is -2.24. The Labute approximate surface area is 173 Å². The highest BCUT2D eigenvalue weighted by atomic mass is 32.2. The molecule has 5 heteroatoms. The zero-order chi connectivity index (χ0) is 20.2. The number of benzene rings is 3. The number of para-hydroxylation sites is 1. The Morgan fingerprint density at radius 3 is 2.59 bits per heavy atom. The van der Waals surface area contributed by atoms with E-state index in [1.807, 2.05) is 61.5 Å². The van der Waals surface area contributed by atoms with Crippen LogP contribution in [0.4, 0.5) is 0 Å². The number of aryl methyl sites for hydroxylation is 1. The van der Waals surface area contributed by atoms with Gasteiger partial charge in [0, 0.05) is 5.75 Å². The second-order valence-electron chi connectivity index (χ2n) is 6.89. The van der Waals surface area contributed by atoms with Gasteiger partial charge < -0.3 is 0 Å². The molecule has 0 aliphatic rings. The SMILES string of the molecule is Cc1ccc(Cn2c(SCc3cccc(C#N)c3)nc3ccccc3c2=O)cc1. The van der Waals surface area contributed by atoms with Crippen LogP contribution in [0.5, 0.6) is 0 Å². The highest BCUT2D eigenvalue weighted by Crippen LogP contribution is 2.23. The Bertz CT molecular complexity index is 1270. The van der Waals surface area contributed by atoms with Crippen LogP contribution in [0.25, 0.3) is 10.9 Å². The Morgan fingerprint density at radius 2 is 1.79 bits per heavy atom. The molecule has 0 N–H and O–H groups in total. The van der Waals surface area contributed by atoms with Crippen molar-refractivity contribution in [1.29, 1.82) is 5.26 Å². The normalized spacial score (nSPS) is 10.8. The van der Waals surface area contributed by atoms with Gasteiger partial charge in [0.05, 0.1) is 29.1 Å². The number of thioether (sulfide) groups is 1. The van der Waals surface area contributed by atoms with Crippen LogP contribution in [-0.4, -0.2) is 9.55 Å². The van der Waals surface area contributed by atoms with Gasteiger partial charge in [-0.3, -0.25) is 9.36 Å². The fourth-order valence-electron chi connectivity index (χ4n) is 3.15. The lowest BCUT2D eigenvalue weighted by Gasteiger charge is -2.13. The maximum atomic E-state index is 13.2. The first-order valence-corrected chi connectivity index (χ1v) is 10.3. The molecule has 0 radical (unpaired) electrons. The molecule has 0 bridgehead atoms. The van der Waals surface area contributed by atoms with Crippen molar-refractivity contribution in [2.45, 2.75) is 24.4 Å². The highest BCUT2D eigenvalue weighted by Gasteiger charge is 2.12. The minimum absolute atomic E-state index is 0.0375. The summed E-state index contributed by atoms with van der Waals surface area (Å²) in [6.45, 7) is 2.52. The molecule has 3 aromatic carbocycles. The maximum absolute atomic E-state index is 13.2. The van der Waals surface area contributed by atoms with E-state index in [1.54, 1.807) is 10.6 Å². The third-order valence-electron chi connectivity index (χ3n) is 4.71. The number of nitrogens with zero attached hydrogens (tertiary/aromatic N) is 3. The monoisotopic (exact) mass is 397 g/mol. The fraction of sp³-hybridized carbons (Fsp3) is 0.125. The second kappa shape index (κ2) is 8.34. The number of hydrogen-bond donors (Lipinski definition) is 0. The Morgan fingerprint density at radius 1 is 1.00 bits per heavy atom. The van der Waals surface area contributed by atoms with Gasteiger partial charge in [-0.05, 0) is 42.3 Å². The summed E-state index contributed by atoms with van der Waals surface area (Å²) in [4.78, 5) is 18.0. The minimum atomic E-state index is -0.0375. The lowest BCUT2D eigenvalue weighted by molar-refractivity contribution is 0.658. The topological polar surface area (TPSA) is 58.7 Å². The number of fused-ring (bicyclic) bond motifs is 1. The van der Waals surface area contributed by atoms with E-state index in [0.717, 1.165) is 11.1 Å². The first-order chi connectivity index (χ1) is 14.1. The summed E-state index contributed by atoms with van der Waals surface area (Å²) in [5.74, 6) is 0.633. The first-order valence-electron chi connectivity index (χ1n) is 9.31. The molecule has 0 saturated carbocycles. The quantitative estimate of drug-likeness (QED) is 0.354. The number of rotatable bonds is 5.